The van der Waals surface area contributed by atoms with Gasteiger partial charge in [0.25, 0.3) is 0 Å². The Morgan fingerprint density at radius 1 is 0.453 bits per heavy atom. The fourth-order valence-corrected chi connectivity index (χ4v) is 9.05. The van der Waals surface area contributed by atoms with Gasteiger partial charge in [0, 0.05) is 47.7 Å². The summed E-state index contributed by atoms with van der Waals surface area (Å²) >= 11 is 1.44. The molecule has 0 fully saturated rings. The molecule has 0 saturated heterocycles. The summed E-state index contributed by atoms with van der Waals surface area (Å²) in [4.78, 5) is 2.03. The average molecular weight is 701 g/mol. The summed E-state index contributed by atoms with van der Waals surface area (Å²) in [5.41, 5.74) is 5.04. The lowest BCUT2D eigenvalue weighted by atomic mass is 9.97. The van der Waals surface area contributed by atoms with Crippen molar-refractivity contribution >= 4 is 91.9 Å². The first-order valence-electron chi connectivity index (χ1n) is 21.5. The van der Waals surface area contributed by atoms with Crippen LogP contribution in [-0.2, 0) is 0 Å². The van der Waals surface area contributed by atoms with Crippen LogP contribution < -0.4 is 4.90 Å². The molecule has 11 aromatic rings. The van der Waals surface area contributed by atoms with Gasteiger partial charge in [-0.2, -0.15) is 0 Å². The second-order valence-corrected chi connectivity index (χ2v) is 14.2. The number of aromatic nitrogens is 1. The maximum absolute atomic E-state index is 9.77. The molecule has 9 aromatic carbocycles. The lowest BCUT2D eigenvalue weighted by Gasteiger charge is -2.29. The molecule has 0 aliphatic rings. The summed E-state index contributed by atoms with van der Waals surface area (Å²) in [6.45, 7) is 0. The van der Waals surface area contributed by atoms with E-state index in [1.54, 1.807) is 4.57 Å². The van der Waals surface area contributed by atoms with E-state index in [0.717, 1.165) is 53.5 Å². The van der Waals surface area contributed by atoms with E-state index in [1.165, 1.54) is 11.3 Å². The van der Waals surface area contributed by atoms with E-state index in [9.17, 15) is 5.48 Å². The number of hydrogen-bond acceptors (Lipinski definition) is 2. The SMILES string of the molecule is [2H]c1c([2H])c([2H])c(-n2c3ccc4ccccc4c3c3c4ccccc4c(N(c4cccc(-c5ccccc5)c4)c4c([2H])c([2H])c([2H])c5sc6ccccc6c45)cc32)c([2H])c1[2H]. The number of rotatable bonds is 5. The van der Waals surface area contributed by atoms with E-state index in [1.807, 2.05) is 138 Å². The lowest BCUT2D eigenvalue weighted by molar-refractivity contribution is 1.18. The fourth-order valence-electron chi connectivity index (χ4n) is 7.99. The number of benzene rings is 9. The standard InChI is InChI=1S/C50H32N2S/c1-3-15-33(16-4-1)35-18-13-21-37(31-35)52(42-26-14-28-47-48(42)41-25-11-12-27-46(41)53-47)44-32-45-50(40-24-10-9-23-39(40)44)49-38-22-8-7-17-34(38)29-30-43(49)51(45)36-19-5-2-6-20-36/h1-32H/i2D,5D,6D,14D,19D,20D,26D,28D. The molecule has 248 valence electrons. The molecule has 2 heterocycles. The smallest absolute Gasteiger partial charge is 0.0645 e. The second-order valence-electron chi connectivity index (χ2n) is 13.1. The number of thiophene rings is 1. The normalized spacial score (nSPS) is 13.9. The lowest BCUT2D eigenvalue weighted by Crippen LogP contribution is -2.11. The summed E-state index contributed by atoms with van der Waals surface area (Å²) < 4.78 is 76.0. The van der Waals surface area contributed by atoms with Crippen LogP contribution in [0.25, 0.3) is 80.3 Å². The van der Waals surface area contributed by atoms with Gasteiger partial charge in [0.2, 0.25) is 0 Å². The molecule has 0 N–H and O–H groups in total. The highest BCUT2D eigenvalue weighted by atomic mass is 32.1. The zero-order valence-corrected chi connectivity index (χ0v) is 29.0. The summed E-state index contributed by atoms with van der Waals surface area (Å²) in [6.07, 6.45) is 0. The fraction of sp³-hybridized carbons (Fsp3) is 0. The Kier molecular flexibility index (Phi) is 5.18. The van der Waals surface area contributed by atoms with Gasteiger partial charge < -0.3 is 9.47 Å². The van der Waals surface area contributed by atoms with Gasteiger partial charge in [0.05, 0.1) is 33.4 Å². The molecule has 0 spiro atoms. The van der Waals surface area contributed by atoms with Crippen LogP contribution in [-0.4, -0.2) is 4.57 Å². The van der Waals surface area contributed by atoms with E-state index in [-0.39, 0.29) is 35.9 Å². The second kappa shape index (κ2) is 11.9. The third-order valence-electron chi connectivity index (χ3n) is 10.2. The largest absolute Gasteiger partial charge is 0.309 e. The summed E-state index contributed by atoms with van der Waals surface area (Å²) in [5, 5.41) is 6.91. The molecule has 2 nitrogen and oxygen atoms in total. The molecule has 0 aliphatic heterocycles. The Morgan fingerprint density at radius 2 is 1.17 bits per heavy atom. The van der Waals surface area contributed by atoms with Crippen LogP contribution in [0.3, 0.4) is 0 Å². The van der Waals surface area contributed by atoms with Crippen LogP contribution in [0.15, 0.2) is 194 Å². The highest BCUT2D eigenvalue weighted by Crippen LogP contribution is 2.50. The molecule has 0 bridgehead atoms. The van der Waals surface area contributed by atoms with Crippen molar-refractivity contribution in [3.05, 3.63) is 194 Å². The molecule has 0 aliphatic carbocycles. The van der Waals surface area contributed by atoms with Crippen LogP contribution in [0.1, 0.15) is 11.0 Å². The van der Waals surface area contributed by atoms with E-state index >= 15 is 0 Å². The Hall–Kier alpha value is -6.68. The zero-order chi connectivity index (χ0) is 41.8. The van der Waals surface area contributed by atoms with E-state index in [0.29, 0.717) is 38.2 Å². The first-order chi connectivity index (χ1) is 29.6. The maximum Gasteiger partial charge on any atom is 0.0645 e. The number of anilines is 3. The van der Waals surface area contributed by atoms with Crippen molar-refractivity contribution in [1.29, 1.82) is 0 Å². The molecule has 11 rings (SSSR count). The van der Waals surface area contributed by atoms with Crippen molar-refractivity contribution in [1.82, 2.24) is 4.57 Å². The molecule has 0 unspecified atom stereocenters. The minimum atomic E-state index is -0.473. The Balaban J connectivity index is 1.37. The Labute approximate surface area is 322 Å². The Morgan fingerprint density at radius 3 is 2.04 bits per heavy atom. The van der Waals surface area contributed by atoms with Gasteiger partial charge in [-0.05, 0) is 81.8 Å². The van der Waals surface area contributed by atoms with Crippen molar-refractivity contribution in [2.75, 3.05) is 4.90 Å². The highest BCUT2D eigenvalue weighted by molar-refractivity contribution is 7.26. The molecule has 0 saturated carbocycles. The van der Waals surface area contributed by atoms with Crippen LogP contribution in [0.4, 0.5) is 17.1 Å². The van der Waals surface area contributed by atoms with Gasteiger partial charge in [-0.1, -0.05) is 139 Å². The molecule has 53 heavy (non-hydrogen) atoms. The van der Waals surface area contributed by atoms with Crippen LogP contribution in [0.2, 0.25) is 0 Å². The van der Waals surface area contributed by atoms with E-state index in [4.69, 9.17) is 5.48 Å². The topological polar surface area (TPSA) is 8.17 Å². The monoisotopic (exact) mass is 700 g/mol. The number of fused-ring (bicyclic) bond motifs is 10. The molecular weight excluding hydrogens is 661 g/mol. The molecule has 0 radical (unpaired) electrons. The van der Waals surface area contributed by atoms with Crippen molar-refractivity contribution in [2.45, 2.75) is 0 Å². The van der Waals surface area contributed by atoms with Gasteiger partial charge in [0.15, 0.2) is 0 Å². The third kappa shape index (κ3) is 4.64. The van der Waals surface area contributed by atoms with Gasteiger partial charge in [-0.3, -0.25) is 0 Å². The minimum absolute atomic E-state index is 0.00330. The summed E-state index contributed by atoms with van der Waals surface area (Å²) in [7, 11) is 0. The van der Waals surface area contributed by atoms with Crippen LogP contribution in [0, 0.1) is 0 Å². The predicted octanol–water partition coefficient (Wildman–Crippen LogP) is 14.6. The first-order valence-corrected chi connectivity index (χ1v) is 18.3. The maximum atomic E-state index is 9.77. The first kappa shape index (κ1) is 23.0. The quantitative estimate of drug-likeness (QED) is 0.174. The number of para-hydroxylation sites is 1. The van der Waals surface area contributed by atoms with Gasteiger partial charge in [-0.15, -0.1) is 11.3 Å². The zero-order valence-electron chi connectivity index (χ0n) is 36.2. The van der Waals surface area contributed by atoms with Crippen LogP contribution in [0.5, 0.6) is 0 Å². The molecule has 3 heteroatoms. The average Bonchev–Trinajstić information content (AvgIpc) is 3.85. The molecule has 0 atom stereocenters. The van der Waals surface area contributed by atoms with E-state index < -0.39 is 18.1 Å². The molecular formula is C50H32N2S. The number of hydrogen-bond donors (Lipinski definition) is 0. The van der Waals surface area contributed by atoms with E-state index in [2.05, 4.69) is 12.1 Å². The number of nitrogens with zero attached hydrogens (tertiary/aromatic N) is 2. The van der Waals surface area contributed by atoms with Gasteiger partial charge >= 0.3 is 0 Å². The van der Waals surface area contributed by atoms with Gasteiger partial charge in [-0.25, -0.2) is 0 Å². The summed E-state index contributed by atoms with van der Waals surface area (Å²) in [6, 6.07) is 45.8. The molecule has 0 amide bonds. The van der Waals surface area contributed by atoms with Crippen molar-refractivity contribution < 1.29 is 11.0 Å². The van der Waals surface area contributed by atoms with Gasteiger partial charge in [0.1, 0.15) is 0 Å². The van der Waals surface area contributed by atoms with Crippen molar-refractivity contribution in [3.8, 4) is 16.8 Å². The predicted molar refractivity (Wildman–Crippen MR) is 229 cm³/mol. The minimum Gasteiger partial charge on any atom is -0.309 e. The molecule has 2 aromatic heterocycles. The van der Waals surface area contributed by atoms with Crippen molar-refractivity contribution in [3.63, 3.8) is 0 Å². The third-order valence-corrected chi connectivity index (χ3v) is 11.3. The summed E-state index contributed by atoms with van der Waals surface area (Å²) in [5.74, 6) is 0. The Bertz CT molecular complexity index is 3620. The highest BCUT2D eigenvalue weighted by Gasteiger charge is 2.25. The van der Waals surface area contributed by atoms with Crippen molar-refractivity contribution in [2.24, 2.45) is 0 Å². The van der Waals surface area contributed by atoms with Crippen LogP contribution >= 0.6 is 11.3 Å².